The first-order valence-corrected chi connectivity index (χ1v) is 8.81. The molecule has 3 N–H and O–H groups in total. The van der Waals surface area contributed by atoms with Crippen LogP contribution in [0.15, 0.2) is 71.1 Å². The van der Waals surface area contributed by atoms with Gasteiger partial charge < -0.3 is 10.2 Å². The van der Waals surface area contributed by atoms with Gasteiger partial charge in [-0.05, 0) is 24.3 Å². The standard InChI is InChI=1S/C21H14N2OS/c22-19(21-20(23)15-6-2-4-8-18(15)25-21)12-9-10-14-13-5-1-3-7-16(13)24-17(14)11-12/h1-11,22H,23H2. The number of nitrogens with one attached hydrogen (secondary N) is 1. The van der Waals surface area contributed by atoms with E-state index in [0.29, 0.717) is 11.4 Å². The highest BCUT2D eigenvalue weighted by molar-refractivity contribution is 7.21. The number of hydrogen-bond donors (Lipinski definition) is 2. The summed E-state index contributed by atoms with van der Waals surface area (Å²) in [6, 6.07) is 21.9. The van der Waals surface area contributed by atoms with Crippen molar-refractivity contribution in [2.45, 2.75) is 0 Å². The van der Waals surface area contributed by atoms with Crippen molar-refractivity contribution in [3.8, 4) is 0 Å². The summed E-state index contributed by atoms with van der Waals surface area (Å²) in [5.41, 5.74) is 9.87. The zero-order chi connectivity index (χ0) is 17.0. The fourth-order valence-corrected chi connectivity index (χ4v) is 4.36. The maximum absolute atomic E-state index is 8.64. The van der Waals surface area contributed by atoms with Crippen LogP contribution in [0.3, 0.4) is 0 Å². The first-order valence-electron chi connectivity index (χ1n) is 8.00. The fraction of sp³-hybridized carbons (Fsp3) is 0. The Morgan fingerprint density at radius 2 is 1.56 bits per heavy atom. The summed E-state index contributed by atoms with van der Waals surface area (Å²) in [7, 11) is 0. The molecule has 0 spiro atoms. The van der Waals surface area contributed by atoms with Gasteiger partial charge in [0.2, 0.25) is 0 Å². The summed E-state index contributed by atoms with van der Waals surface area (Å²) >= 11 is 1.56. The van der Waals surface area contributed by atoms with Crippen molar-refractivity contribution in [3.63, 3.8) is 0 Å². The number of fused-ring (bicyclic) bond motifs is 4. The van der Waals surface area contributed by atoms with E-state index in [1.165, 1.54) is 0 Å². The van der Waals surface area contributed by atoms with Crippen molar-refractivity contribution in [3.05, 3.63) is 77.2 Å². The molecule has 0 amide bonds. The molecule has 120 valence electrons. The largest absolute Gasteiger partial charge is 0.456 e. The summed E-state index contributed by atoms with van der Waals surface area (Å²) in [4.78, 5) is 0.802. The Hall–Kier alpha value is -3.11. The van der Waals surface area contributed by atoms with Crippen LogP contribution in [0.4, 0.5) is 5.69 Å². The second-order valence-electron chi connectivity index (χ2n) is 6.03. The number of furan rings is 1. The van der Waals surface area contributed by atoms with E-state index in [0.717, 1.165) is 42.5 Å². The molecule has 0 aliphatic heterocycles. The monoisotopic (exact) mass is 342 g/mol. The molecule has 2 heterocycles. The molecule has 0 atom stereocenters. The Balaban J connectivity index is 1.67. The van der Waals surface area contributed by atoms with Gasteiger partial charge in [0.25, 0.3) is 0 Å². The minimum atomic E-state index is 0.432. The molecular formula is C21H14N2OS. The Morgan fingerprint density at radius 1 is 0.840 bits per heavy atom. The average Bonchev–Trinajstić information content (AvgIpc) is 3.19. The van der Waals surface area contributed by atoms with Crippen LogP contribution in [0.5, 0.6) is 0 Å². The lowest BCUT2D eigenvalue weighted by Gasteiger charge is -2.03. The smallest absolute Gasteiger partial charge is 0.136 e. The summed E-state index contributed by atoms with van der Waals surface area (Å²) in [5.74, 6) is 0. The summed E-state index contributed by atoms with van der Waals surface area (Å²) in [6.45, 7) is 0. The average molecular weight is 342 g/mol. The van der Waals surface area contributed by atoms with Crippen molar-refractivity contribution in [1.29, 1.82) is 5.41 Å². The molecule has 2 aromatic heterocycles. The van der Waals surface area contributed by atoms with Crippen LogP contribution in [0.1, 0.15) is 10.4 Å². The highest BCUT2D eigenvalue weighted by Gasteiger charge is 2.16. The van der Waals surface area contributed by atoms with E-state index in [2.05, 4.69) is 6.07 Å². The van der Waals surface area contributed by atoms with E-state index < -0.39 is 0 Å². The molecule has 5 rings (SSSR count). The van der Waals surface area contributed by atoms with E-state index in [9.17, 15) is 0 Å². The third-order valence-electron chi connectivity index (χ3n) is 4.53. The first kappa shape index (κ1) is 14.3. The summed E-state index contributed by atoms with van der Waals surface area (Å²) in [6.07, 6.45) is 0. The van der Waals surface area contributed by atoms with Gasteiger partial charge in [-0.25, -0.2) is 0 Å². The van der Waals surface area contributed by atoms with Crippen LogP contribution < -0.4 is 5.73 Å². The number of anilines is 1. The zero-order valence-corrected chi connectivity index (χ0v) is 14.1. The van der Waals surface area contributed by atoms with Gasteiger partial charge in [0.1, 0.15) is 11.2 Å². The van der Waals surface area contributed by atoms with Crippen molar-refractivity contribution in [1.82, 2.24) is 0 Å². The quantitative estimate of drug-likeness (QED) is 0.398. The van der Waals surface area contributed by atoms with Gasteiger partial charge in [-0.3, -0.25) is 5.41 Å². The van der Waals surface area contributed by atoms with Gasteiger partial charge in [-0.15, -0.1) is 11.3 Å². The van der Waals surface area contributed by atoms with E-state index in [-0.39, 0.29) is 0 Å². The molecular weight excluding hydrogens is 328 g/mol. The van der Waals surface area contributed by atoms with Gasteiger partial charge in [0.05, 0.1) is 16.3 Å². The molecule has 5 aromatic rings. The second-order valence-corrected chi connectivity index (χ2v) is 7.08. The molecule has 0 unspecified atom stereocenters. The Kier molecular flexibility index (Phi) is 2.96. The van der Waals surface area contributed by atoms with Crippen molar-refractivity contribution >= 4 is 54.8 Å². The second kappa shape index (κ2) is 5.19. The maximum Gasteiger partial charge on any atom is 0.136 e. The van der Waals surface area contributed by atoms with Crippen LogP contribution in [-0.4, -0.2) is 5.71 Å². The highest BCUT2D eigenvalue weighted by Crippen LogP contribution is 2.36. The lowest BCUT2D eigenvalue weighted by atomic mass is 10.0. The third kappa shape index (κ3) is 2.08. The molecule has 3 nitrogen and oxygen atoms in total. The number of nitrogen functional groups attached to an aromatic ring is 1. The molecule has 0 aliphatic carbocycles. The summed E-state index contributed by atoms with van der Waals surface area (Å²) in [5, 5.41) is 11.8. The molecule has 0 radical (unpaired) electrons. The maximum atomic E-state index is 8.64. The van der Waals surface area contributed by atoms with Gasteiger partial charge in [0, 0.05) is 26.4 Å². The third-order valence-corrected chi connectivity index (χ3v) is 5.73. The number of benzene rings is 3. The number of thiophene rings is 1. The molecule has 0 bridgehead atoms. The van der Waals surface area contributed by atoms with Gasteiger partial charge in [0.15, 0.2) is 0 Å². The SMILES string of the molecule is N=C(c1ccc2c(c1)oc1ccccc12)c1sc2ccccc2c1N. The van der Waals surface area contributed by atoms with Gasteiger partial charge in [-0.1, -0.05) is 42.5 Å². The molecule has 3 aromatic carbocycles. The lowest BCUT2D eigenvalue weighted by molar-refractivity contribution is 0.669. The van der Waals surface area contributed by atoms with E-state index in [1.54, 1.807) is 11.3 Å². The normalized spacial score (nSPS) is 11.5. The fourth-order valence-electron chi connectivity index (χ4n) is 3.26. The minimum Gasteiger partial charge on any atom is -0.456 e. The number of hydrogen-bond acceptors (Lipinski definition) is 4. The molecule has 4 heteroatoms. The molecule has 0 saturated carbocycles. The molecule has 0 saturated heterocycles. The number of nitrogens with two attached hydrogens (primary N) is 1. The van der Waals surface area contributed by atoms with E-state index >= 15 is 0 Å². The minimum absolute atomic E-state index is 0.432. The van der Waals surface area contributed by atoms with Crippen LogP contribution in [0.25, 0.3) is 32.0 Å². The zero-order valence-electron chi connectivity index (χ0n) is 13.2. The van der Waals surface area contributed by atoms with Crippen molar-refractivity contribution < 1.29 is 4.42 Å². The van der Waals surface area contributed by atoms with Crippen LogP contribution in [-0.2, 0) is 0 Å². The lowest BCUT2D eigenvalue weighted by Crippen LogP contribution is -2.01. The Bertz CT molecular complexity index is 1280. The van der Waals surface area contributed by atoms with Crippen molar-refractivity contribution in [2.24, 2.45) is 0 Å². The number of para-hydroxylation sites is 1. The molecule has 0 fully saturated rings. The van der Waals surface area contributed by atoms with Crippen molar-refractivity contribution in [2.75, 3.05) is 5.73 Å². The van der Waals surface area contributed by atoms with Gasteiger partial charge >= 0.3 is 0 Å². The number of rotatable bonds is 2. The van der Waals surface area contributed by atoms with Crippen LogP contribution in [0, 0.1) is 5.41 Å². The first-order chi connectivity index (χ1) is 12.2. The topological polar surface area (TPSA) is 63.0 Å². The predicted octanol–water partition coefficient (Wildman–Crippen LogP) is 5.80. The van der Waals surface area contributed by atoms with Crippen LogP contribution in [0.2, 0.25) is 0 Å². The van der Waals surface area contributed by atoms with E-state index in [1.807, 2.05) is 60.7 Å². The van der Waals surface area contributed by atoms with Gasteiger partial charge in [-0.2, -0.15) is 0 Å². The highest BCUT2D eigenvalue weighted by atomic mass is 32.1. The Morgan fingerprint density at radius 3 is 2.40 bits per heavy atom. The molecule has 25 heavy (non-hydrogen) atoms. The van der Waals surface area contributed by atoms with Crippen LogP contribution >= 0.6 is 11.3 Å². The van der Waals surface area contributed by atoms with E-state index in [4.69, 9.17) is 15.6 Å². The predicted molar refractivity (Wildman–Crippen MR) is 106 cm³/mol. The Labute approximate surface area is 147 Å². The summed E-state index contributed by atoms with van der Waals surface area (Å²) < 4.78 is 7.05. The molecule has 0 aliphatic rings.